The lowest BCUT2D eigenvalue weighted by atomic mass is 10.1. The summed E-state index contributed by atoms with van der Waals surface area (Å²) in [4.78, 5) is 18.6. The number of benzene rings is 2. The van der Waals surface area contributed by atoms with Crippen LogP contribution in [0, 0.1) is 0 Å². The van der Waals surface area contributed by atoms with E-state index in [1.807, 2.05) is 24.3 Å². The Bertz CT molecular complexity index is 801. The molecule has 1 aromatic heterocycles. The first-order valence-corrected chi connectivity index (χ1v) is 6.68. The molecule has 0 saturated heterocycles. The zero-order chi connectivity index (χ0) is 14.8. The number of nitrogen functional groups attached to an aromatic ring is 1. The molecule has 0 amide bonds. The number of imidazole rings is 1. The van der Waals surface area contributed by atoms with E-state index in [1.165, 1.54) is 5.56 Å². The van der Waals surface area contributed by atoms with Crippen LogP contribution in [0.1, 0.15) is 21.7 Å². The number of aryl methyl sites for hydroxylation is 2. The number of nitrogens with one attached hydrogen (secondary N) is 1. The Morgan fingerprint density at radius 2 is 1.78 bits per heavy atom. The van der Waals surface area contributed by atoms with Gasteiger partial charge in [-0.1, -0.05) is 12.1 Å². The monoisotopic (exact) mass is 353 g/mol. The van der Waals surface area contributed by atoms with Crippen LogP contribution in [-0.4, -0.2) is 21.0 Å². The van der Waals surface area contributed by atoms with Gasteiger partial charge in [0.05, 0.1) is 16.6 Å². The topological polar surface area (TPSA) is 92.0 Å². The fourth-order valence-electron chi connectivity index (χ4n) is 2.26. The van der Waals surface area contributed by atoms with E-state index in [0.717, 1.165) is 35.4 Å². The Morgan fingerprint density at radius 3 is 2.43 bits per heavy atom. The van der Waals surface area contributed by atoms with Gasteiger partial charge in [0, 0.05) is 12.1 Å². The molecule has 0 bridgehead atoms. The molecule has 23 heavy (non-hydrogen) atoms. The SMILES string of the molecule is Cl.Cl.Nc1ccc(CCc2nc3ccc(C(=O)O)cc3[nH]2)cc1. The highest BCUT2D eigenvalue weighted by Gasteiger charge is 2.07. The second-order valence-electron chi connectivity index (χ2n) is 4.96. The quantitative estimate of drug-likeness (QED) is 0.626. The van der Waals surface area contributed by atoms with Crippen molar-refractivity contribution in [3.63, 3.8) is 0 Å². The lowest BCUT2D eigenvalue weighted by Gasteiger charge is -1.99. The zero-order valence-electron chi connectivity index (χ0n) is 12.2. The number of aromatic amines is 1. The lowest BCUT2D eigenvalue weighted by Crippen LogP contribution is -1.95. The fourth-order valence-corrected chi connectivity index (χ4v) is 2.26. The minimum Gasteiger partial charge on any atom is -0.478 e. The summed E-state index contributed by atoms with van der Waals surface area (Å²) in [5.74, 6) is -0.0840. The molecule has 0 aliphatic heterocycles. The molecule has 5 nitrogen and oxygen atoms in total. The number of rotatable bonds is 4. The van der Waals surface area contributed by atoms with Crippen LogP contribution in [0.2, 0.25) is 0 Å². The number of carboxylic acid groups (broad SMARTS) is 1. The van der Waals surface area contributed by atoms with Crippen molar-refractivity contribution in [1.29, 1.82) is 0 Å². The van der Waals surface area contributed by atoms with Gasteiger partial charge in [0.1, 0.15) is 5.82 Å². The van der Waals surface area contributed by atoms with Gasteiger partial charge in [-0.2, -0.15) is 0 Å². The largest absolute Gasteiger partial charge is 0.478 e. The predicted molar refractivity (Wildman–Crippen MR) is 95.8 cm³/mol. The van der Waals surface area contributed by atoms with Crippen LogP contribution in [0.15, 0.2) is 42.5 Å². The Labute approximate surface area is 145 Å². The molecule has 0 spiro atoms. The van der Waals surface area contributed by atoms with Gasteiger partial charge in [0.2, 0.25) is 0 Å². The molecule has 122 valence electrons. The predicted octanol–water partition coefficient (Wildman–Crippen LogP) is 3.47. The first kappa shape index (κ1) is 18.8. The number of anilines is 1. The summed E-state index contributed by atoms with van der Waals surface area (Å²) in [6, 6.07) is 12.7. The van der Waals surface area contributed by atoms with Crippen molar-refractivity contribution in [2.24, 2.45) is 0 Å². The molecule has 0 fully saturated rings. The number of carbonyl (C=O) groups is 1. The molecule has 0 saturated carbocycles. The molecular formula is C16H17Cl2N3O2. The van der Waals surface area contributed by atoms with Crippen LogP contribution in [-0.2, 0) is 12.8 Å². The van der Waals surface area contributed by atoms with Gasteiger partial charge in [-0.15, -0.1) is 24.8 Å². The van der Waals surface area contributed by atoms with Crippen LogP contribution in [0.3, 0.4) is 0 Å². The van der Waals surface area contributed by atoms with Gasteiger partial charge in [0.25, 0.3) is 0 Å². The Hall–Kier alpha value is -2.24. The Morgan fingerprint density at radius 1 is 1.09 bits per heavy atom. The molecule has 3 rings (SSSR count). The normalized spacial score (nSPS) is 9.91. The molecule has 1 heterocycles. The number of hydrogen-bond donors (Lipinski definition) is 3. The van der Waals surface area contributed by atoms with Crippen LogP contribution in [0.25, 0.3) is 11.0 Å². The van der Waals surface area contributed by atoms with Crippen molar-refractivity contribution in [3.05, 3.63) is 59.4 Å². The third-order valence-corrected chi connectivity index (χ3v) is 3.41. The maximum absolute atomic E-state index is 10.9. The van der Waals surface area contributed by atoms with Crippen molar-refractivity contribution in [2.45, 2.75) is 12.8 Å². The summed E-state index contributed by atoms with van der Waals surface area (Å²) in [6.45, 7) is 0. The van der Waals surface area contributed by atoms with E-state index in [9.17, 15) is 4.79 Å². The van der Waals surface area contributed by atoms with Crippen LogP contribution in [0.4, 0.5) is 5.69 Å². The van der Waals surface area contributed by atoms with E-state index in [0.29, 0.717) is 0 Å². The number of hydrogen-bond acceptors (Lipinski definition) is 3. The highest BCUT2D eigenvalue weighted by Crippen LogP contribution is 2.15. The van der Waals surface area contributed by atoms with Gasteiger partial charge in [-0.3, -0.25) is 0 Å². The minimum absolute atomic E-state index is 0. The first-order valence-electron chi connectivity index (χ1n) is 6.68. The van der Waals surface area contributed by atoms with Gasteiger partial charge in [-0.05, 0) is 42.3 Å². The minimum atomic E-state index is -0.935. The summed E-state index contributed by atoms with van der Waals surface area (Å²) < 4.78 is 0. The standard InChI is InChI=1S/C16H15N3O2.2ClH/c17-12-5-1-10(2-6-12)3-8-15-18-13-7-4-11(16(20)21)9-14(13)19-15;;/h1-2,4-7,9H,3,8,17H2,(H,18,19)(H,20,21);2*1H. The van der Waals surface area contributed by atoms with Gasteiger partial charge in [0.15, 0.2) is 0 Å². The Balaban J connectivity index is 0.00000132. The summed E-state index contributed by atoms with van der Waals surface area (Å²) in [5.41, 5.74) is 9.40. The van der Waals surface area contributed by atoms with Gasteiger partial charge < -0.3 is 15.8 Å². The molecule has 0 aliphatic rings. The second kappa shape index (κ2) is 7.85. The number of carboxylic acids is 1. The van der Waals surface area contributed by atoms with E-state index < -0.39 is 5.97 Å². The number of nitrogens with two attached hydrogens (primary N) is 1. The van der Waals surface area contributed by atoms with Crippen molar-refractivity contribution < 1.29 is 9.90 Å². The maximum atomic E-state index is 10.9. The van der Waals surface area contributed by atoms with Crippen molar-refractivity contribution >= 4 is 47.5 Å². The lowest BCUT2D eigenvalue weighted by molar-refractivity contribution is 0.0697. The molecule has 0 aliphatic carbocycles. The summed E-state index contributed by atoms with van der Waals surface area (Å²) in [6.07, 6.45) is 1.62. The Kier molecular flexibility index (Phi) is 6.42. The van der Waals surface area contributed by atoms with E-state index in [2.05, 4.69) is 9.97 Å². The maximum Gasteiger partial charge on any atom is 0.335 e. The van der Waals surface area contributed by atoms with Gasteiger partial charge in [-0.25, -0.2) is 9.78 Å². The van der Waals surface area contributed by atoms with Crippen molar-refractivity contribution in [1.82, 2.24) is 9.97 Å². The first-order chi connectivity index (χ1) is 10.1. The summed E-state index contributed by atoms with van der Waals surface area (Å²) in [7, 11) is 0. The van der Waals surface area contributed by atoms with E-state index in [1.54, 1.807) is 18.2 Å². The molecular weight excluding hydrogens is 337 g/mol. The fraction of sp³-hybridized carbons (Fsp3) is 0.125. The molecule has 0 unspecified atom stereocenters. The number of aromatic nitrogens is 2. The second-order valence-corrected chi connectivity index (χ2v) is 4.96. The number of fused-ring (bicyclic) bond motifs is 1. The van der Waals surface area contributed by atoms with Crippen LogP contribution < -0.4 is 5.73 Å². The number of H-pyrrole nitrogens is 1. The number of nitrogens with zero attached hydrogens (tertiary/aromatic N) is 1. The highest BCUT2D eigenvalue weighted by molar-refractivity contribution is 5.92. The molecule has 7 heteroatoms. The summed E-state index contributed by atoms with van der Waals surface area (Å²) >= 11 is 0. The smallest absolute Gasteiger partial charge is 0.335 e. The average molecular weight is 354 g/mol. The summed E-state index contributed by atoms with van der Waals surface area (Å²) in [5, 5.41) is 8.98. The van der Waals surface area contributed by atoms with Crippen molar-refractivity contribution in [3.8, 4) is 0 Å². The van der Waals surface area contributed by atoms with Crippen molar-refractivity contribution in [2.75, 3.05) is 5.73 Å². The average Bonchev–Trinajstić information content (AvgIpc) is 2.88. The molecule has 3 aromatic rings. The van der Waals surface area contributed by atoms with E-state index in [4.69, 9.17) is 10.8 Å². The van der Waals surface area contributed by atoms with E-state index in [-0.39, 0.29) is 30.4 Å². The third kappa shape index (κ3) is 4.37. The molecule has 4 N–H and O–H groups in total. The van der Waals surface area contributed by atoms with Crippen LogP contribution >= 0.6 is 24.8 Å². The number of halogens is 2. The van der Waals surface area contributed by atoms with Gasteiger partial charge >= 0.3 is 5.97 Å². The number of aromatic carboxylic acids is 1. The zero-order valence-corrected chi connectivity index (χ0v) is 13.8. The van der Waals surface area contributed by atoms with E-state index >= 15 is 0 Å². The third-order valence-electron chi connectivity index (χ3n) is 3.41. The molecule has 2 aromatic carbocycles. The highest BCUT2D eigenvalue weighted by atomic mass is 35.5. The van der Waals surface area contributed by atoms with Crippen LogP contribution in [0.5, 0.6) is 0 Å². The molecule has 0 atom stereocenters. The molecule has 0 radical (unpaired) electrons.